The van der Waals surface area contributed by atoms with Crippen LogP contribution in [-0.2, 0) is 9.53 Å². The first kappa shape index (κ1) is 14.9. The van der Waals surface area contributed by atoms with Crippen molar-refractivity contribution in [3.63, 3.8) is 0 Å². The van der Waals surface area contributed by atoms with Gasteiger partial charge in [0.25, 0.3) is 0 Å². The Kier molecular flexibility index (Phi) is 5.78. The fourth-order valence-corrected chi connectivity index (χ4v) is 1.52. The SMILES string of the molecule is COC(=O)c1cc(NCC(C)CCC(=O)O)ccn1. The van der Waals surface area contributed by atoms with Gasteiger partial charge < -0.3 is 15.2 Å². The van der Waals surface area contributed by atoms with Gasteiger partial charge in [0.05, 0.1) is 7.11 Å². The Labute approximate surface area is 111 Å². The minimum Gasteiger partial charge on any atom is -0.481 e. The third kappa shape index (κ3) is 5.37. The second-order valence-corrected chi connectivity index (χ2v) is 4.34. The number of carboxylic acid groups (broad SMARTS) is 1. The van der Waals surface area contributed by atoms with Gasteiger partial charge in [-0.1, -0.05) is 6.92 Å². The lowest BCUT2D eigenvalue weighted by Gasteiger charge is -2.12. The maximum Gasteiger partial charge on any atom is 0.356 e. The Balaban J connectivity index is 2.49. The van der Waals surface area contributed by atoms with Gasteiger partial charge in [-0.2, -0.15) is 0 Å². The van der Waals surface area contributed by atoms with Crippen LogP contribution in [0.4, 0.5) is 5.69 Å². The molecule has 0 aliphatic heterocycles. The molecule has 19 heavy (non-hydrogen) atoms. The standard InChI is InChI=1S/C13H18N2O4/c1-9(3-4-12(16)17)8-15-10-5-6-14-11(7-10)13(18)19-2/h5-7,9H,3-4,8H2,1-2H3,(H,14,15)(H,16,17). The number of carbonyl (C=O) groups excluding carboxylic acids is 1. The summed E-state index contributed by atoms with van der Waals surface area (Å²) in [6.07, 6.45) is 2.29. The van der Waals surface area contributed by atoms with Crippen molar-refractivity contribution in [3.05, 3.63) is 24.0 Å². The van der Waals surface area contributed by atoms with Crippen molar-refractivity contribution < 1.29 is 19.4 Å². The van der Waals surface area contributed by atoms with Crippen LogP contribution in [0.2, 0.25) is 0 Å². The molecule has 0 aliphatic rings. The molecule has 1 unspecified atom stereocenters. The number of ether oxygens (including phenoxy) is 1. The fourth-order valence-electron chi connectivity index (χ4n) is 1.52. The molecule has 0 aliphatic carbocycles. The van der Waals surface area contributed by atoms with E-state index >= 15 is 0 Å². The van der Waals surface area contributed by atoms with Crippen molar-refractivity contribution in [2.75, 3.05) is 19.0 Å². The minimum absolute atomic E-state index is 0.159. The van der Waals surface area contributed by atoms with Crippen LogP contribution in [0, 0.1) is 5.92 Å². The van der Waals surface area contributed by atoms with E-state index in [-0.39, 0.29) is 18.0 Å². The second-order valence-electron chi connectivity index (χ2n) is 4.34. The first-order valence-corrected chi connectivity index (χ1v) is 6.03. The van der Waals surface area contributed by atoms with Crippen LogP contribution in [0.5, 0.6) is 0 Å². The van der Waals surface area contributed by atoms with Gasteiger partial charge in [-0.25, -0.2) is 9.78 Å². The zero-order valence-corrected chi connectivity index (χ0v) is 11.0. The molecule has 104 valence electrons. The van der Waals surface area contributed by atoms with Crippen molar-refractivity contribution in [3.8, 4) is 0 Å². The normalized spacial score (nSPS) is 11.7. The Morgan fingerprint density at radius 3 is 2.89 bits per heavy atom. The number of hydrogen-bond acceptors (Lipinski definition) is 5. The number of carbonyl (C=O) groups is 2. The fraction of sp³-hybridized carbons (Fsp3) is 0.462. The van der Waals surface area contributed by atoms with Crippen LogP contribution in [0.3, 0.4) is 0 Å². The van der Waals surface area contributed by atoms with Gasteiger partial charge >= 0.3 is 11.9 Å². The average Bonchev–Trinajstić information content (AvgIpc) is 2.42. The summed E-state index contributed by atoms with van der Waals surface area (Å²) in [4.78, 5) is 25.7. The highest BCUT2D eigenvalue weighted by atomic mass is 16.5. The Bertz CT molecular complexity index is 448. The van der Waals surface area contributed by atoms with E-state index in [0.29, 0.717) is 13.0 Å². The van der Waals surface area contributed by atoms with Crippen LogP contribution in [0.25, 0.3) is 0 Å². The zero-order chi connectivity index (χ0) is 14.3. The molecule has 0 saturated carbocycles. The lowest BCUT2D eigenvalue weighted by molar-refractivity contribution is -0.137. The molecule has 0 spiro atoms. The molecular weight excluding hydrogens is 248 g/mol. The van der Waals surface area contributed by atoms with Crippen molar-refractivity contribution in [1.82, 2.24) is 4.98 Å². The predicted octanol–water partition coefficient (Wildman–Crippen LogP) is 1.78. The van der Waals surface area contributed by atoms with E-state index in [9.17, 15) is 9.59 Å². The van der Waals surface area contributed by atoms with Crippen molar-refractivity contribution in [1.29, 1.82) is 0 Å². The van der Waals surface area contributed by atoms with Crippen LogP contribution in [0.1, 0.15) is 30.3 Å². The van der Waals surface area contributed by atoms with Crippen LogP contribution < -0.4 is 5.32 Å². The van der Waals surface area contributed by atoms with Gasteiger partial charge in [-0.05, 0) is 24.5 Å². The maximum atomic E-state index is 11.3. The maximum absolute atomic E-state index is 11.3. The van der Waals surface area contributed by atoms with Crippen LogP contribution >= 0.6 is 0 Å². The summed E-state index contributed by atoms with van der Waals surface area (Å²) >= 11 is 0. The highest BCUT2D eigenvalue weighted by Gasteiger charge is 2.09. The summed E-state index contributed by atoms with van der Waals surface area (Å²) in [5.41, 5.74) is 1.00. The summed E-state index contributed by atoms with van der Waals surface area (Å²) in [6.45, 7) is 2.61. The van der Waals surface area contributed by atoms with E-state index in [1.54, 1.807) is 12.1 Å². The third-order valence-corrected chi connectivity index (χ3v) is 2.66. The molecule has 1 heterocycles. The van der Waals surface area contributed by atoms with E-state index < -0.39 is 11.9 Å². The molecule has 0 amide bonds. The molecule has 0 aromatic carbocycles. The molecule has 6 heteroatoms. The molecule has 1 atom stereocenters. The summed E-state index contributed by atoms with van der Waals surface area (Å²) in [5.74, 6) is -1.04. The van der Waals surface area contributed by atoms with E-state index in [4.69, 9.17) is 5.11 Å². The lowest BCUT2D eigenvalue weighted by atomic mass is 10.1. The number of nitrogens with one attached hydrogen (secondary N) is 1. The average molecular weight is 266 g/mol. The number of esters is 1. The van der Waals surface area contributed by atoms with Crippen molar-refractivity contribution >= 4 is 17.6 Å². The molecule has 1 rings (SSSR count). The quantitative estimate of drug-likeness (QED) is 0.731. The van der Waals surface area contributed by atoms with Crippen LogP contribution in [0.15, 0.2) is 18.3 Å². The Hall–Kier alpha value is -2.11. The molecule has 2 N–H and O–H groups in total. The van der Waals surface area contributed by atoms with Gasteiger partial charge in [0, 0.05) is 24.8 Å². The summed E-state index contributed by atoms with van der Waals surface area (Å²) in [7, 11) is 1.30. The van der Waals surface area contributed by atoms with Gasteiger partial charge in [0.1, 0.15) is 5.69 Å². The van der Waals surface area contributed by atoms with E-state index in [1.807, 2.05) is 6.92 Å². The zero-order valence-electron chi connectivity index (χ0n) is 11.0. The molecular formula is C13H18N2O4. The second kappa shape index (κ2) is 7.35. The number of rotatable bonds is 7. The van der Waals surface area contributed by atoms with Crippen LogP contribution in [-0.4, -0.2) is 35.7 Å². The number of carboxylic acids is 1. The Morgan fingerprint density at radius 1 is 1.53 bits per heavy atom. The highest BCUT2D eigenvalue weighted by molar-refractivity contribution is 5.88. The highest BCUT2D eigenvalue weighted by Crippen LogP contribution is 2.11. The third-order valence-electron chi connectivity index (χ3n) is 2.66. The van der Waals surface area contributed by atoms with E-state index in [2.05, 4.69) is 15.0 Å². The van der Waals surface area contributed by atoms with Gasteiger partial charge in [0.15, 0.2) is 0 Å². The Morgan fingerprint density at radius 2 is 2.26 bits per heavy atom. The summed E-state index contributed by atoms with van der Waals surface area (Å²) in [5, 5.41) is 11.7. The van der Waals surface area contributed by atoms with Crippen molar-refractivity contribution in [2.45, 2.75) is 19.8 Å². The number of anilines is 1. The number of methoxy groups -OCH3 is 1. The van der Waals surface area contributed by atoms with Gasteiger partial charge in [-0.3, -0.25) is 4.79 Å². The molecule has 0 saturated heterocycles. The first-order chi connectivity index (χ1) is 9.02. The summed E-state index contributed by atoms with van der Waals surface area (Å²) in [6, 6.07) is 3.35. The number of nitrogens with zero attached hydrogens (tertiary/aromatic N) is 1. The number of hydrogen-bond donors (Lipinski definition) is 2. The molecule has 1 aromatic heterocycles. The minimum atomic E-state index is -0.788. The molecule has 0 radical (unpaired) electrons. The molecule has 1 aromatic rings. The molecule has 0 bridgehead atoms. The number of aliphatic carboxylic acids is 1. The lowest BCUT2D eigenvalue weighted by Crippen LogP contribution is -2.13. The molecule has 0 fully saturated rings. The molecule has 6 nitrogen and oxygen atoms in total. The van der Waals surface area contributed by atoms with Gasteiger partial charge in [-0.15, -0.1) is 0 Å². The number of pyridine rings is 1. The number of aromatic nitrogens is 1. The van der Waals surface area contributed by atoms with Crippen molar-refractivity contribution in [2.24, 2.45) is 5.92 Å². The largest absolute Gasteiger partial charge is 0.481 e. The smallest absolute Gasteiger partial charge is 0.356 e. The monoisotopic (exact) mass is 266 g/mol. The van der Waals surface area contributed by atoms with E-state index in [0.717, 1.165) is 5.69 Å². The summed E-state index contributed by atoms with van der Waals surface area (Å²) < 4.78 is 4.59. The predicted molar refractivity (Wildman–Crippen MR) is 70.1 cm³/mol. The first-order valence-electron chi connectivity index (χ1n) is 6.03. The van der Waals surface area contributed by atoms with E-state index in [1.165, 1.54) is 13.3 Å². The van der Waals surface area contributed by atoms with Gasteiger partial charge in [0.2, 0.25) is 0 Å². The topological polar surface area (TPSA) is 88.5 Å².